The summed E-state index contributed by atoms with van der Waals surface area (Å²) in [6.07, 6.45) is 9.90. The molecule has 0 aliphatic rings. The smallest absolute Gasteiger partial charge is 0.297 e. The first-order chi connectivity index (χ1) is 16.8. The van der Waals surface area contributed by atoms with Crippen molar-refractivity contribution in [1.82, 2.24) is 4.57 Å². The first-order valence-corrected chi connectivity index (χ1v) is 12.8. The van der Waals surface area contributed by atoms with Crippen molar-refractivity contribution >= 4 is 22.5 Å². The van der Waals surface area contributed by atoms with Crippen LogP contribution in [-0.4, -0.2) is 23.7 Å². The molecule has 2 rings (SSSR count). The fourth-order valence-electron chi connectivity index (χ4n) is 3.76. The zero-order valence-corrected chi connectivity index (χ0v) is 22.3. The van der Waals surface area contributed by atoms with Gasteiger partial charge in [-0.2, -0.15) is 0 Å². The minimum absolute atomic E-state index is 0.155. The van der Waals surface area contributed by atoms with Gasteiger partial charge >= 0.3 is 0 Å². The van der Waals surface area contributed by atoms with Gasteiger partial charge in [0.1, 0.15) is 6.61 Å². The highest BCUT2D eigenvalue weighted by atomic mass is 16.5. The van der Waals surface area contributed by atoms with Gasteiger partial charge in [-0.15, -0.1) is 0 Å². The molecule has 35 heavy (non-hydrogen) atoms. The largest absolute Gasteiger partial charge is 0.489 e. The molecule has 2 aromatic rings. The molecule has 1 N–H and O–H groups in total. The number of pyridine rings is 1. The topological polar surface area (TPSA) is 69.6 Å². The van der Waals surface area contributed by atoms with Crippen LogP contribution in [0, 0.1) is 0 Å². The number of carbonyl (C=O) groups excluding carboxylic acids is 1. The monoisotopic (exact) mass is 482 g/mol. The molecule has 0 saturated carbocycles. The highest BCUT2D eigenvalue weighted by molar-refractivity contribution is 5.94. The van der Waals surface area contributed by atoms with Crippen molar-refractivity contribution in [2.45, 2.75) is 86.6 Å². The summed E-state index contributed by atoms with van der Waals surface area (Å²) < 4.78 is 14.0. The van der Waals surface area contributed by atoms with Crippen LogP contribution in [0.2, 0.25) is 0 Å². The predicted molar refractivity (Wildman–Crippen MR) is 146 cm³/mol. The van der Waals surface area contributed by atoms with Gasteiger partial charge in [0, 0.05) is 24.5 Å². The van der Waals surface area contributed by atoms with E-state index < -0.39 is 0 Å². The summed E-state index contributed by atoms with van der Waals surface area (Å²) in [5, 5.41) is 3.63. The molecular weight excluding hydrogens is 440 g/mol. The molecule has 0 saturated heterocycles. The zero-order chi connectivity index (χ0) is 25.8. The van der Waals surface area contributed by atoms with Gasteiger partial charge in [-0.3, -0.25) is 9.59 Å². The minimum atomic E-state index is -0.201. The number of amides is 1. The Kier molecular flexibility index (Phi) is 11.6. The summed E-state index contributed by atoms with van der Waals surface area (Å²) in [7, 11) is 0. The molecule has 0 unspecified atom stereocenters. The summed E-state index contributed by atoms with van der Waals surface area (Å²) in [4.78, 5) is 25.2. The van der Waals surface area contributed by atoms with Crippen LogP contribution in [0.5, 0.6) is 11.5 Å². The standard InChI is InChI=1S/C29H42N2O4/c1-7-9-17-31-26-20-24(30-23(6)32)14-15-25(26)27(34-18-10-8-2)28(29(31)33)35-19-16-22(5)13-11-12-21(3)4/h12,14-16,20H,7-11,13,17-19H2,1-6H3,(H,30,32). The summed E-state index contributed by atoms with van der Waals surface area (Å²) in [5.74, 6) is 0.583. The molecule has 0 aliphatic carbocycles. The first kappa shape index (κ1) is 28.2. The number of rotatable bonds is 14. The molecule has 192 valence electrons. The highest BCUT2D eigenvalue weighted by Crippen LogP contribution is 2.35. The Labute approximate surface area is 210 Å². The fraction of sp³-hybridized carbons (Fsp3) is 0.517. The number of carbonyl (C=O) groups is 1. The second kappa shape index (κ2) is 14.4. The molecule has 6 nitrogen and oxygen atoms in total. The van der Waals surface area contributed by atoms with Crippen LogP contribution in [0.1, 0.15) is 80.1 Å². The third-order valence-corrected chi connectivity index (χ3v) is 5.73. The third kappa shape index (κ3) is 8.61. The van der Waals surface area contributed by atoms with E-state index in [1.165, 1.54) is 18.1 Å². The lowest BCUT2D eigenvalue weighted by Crippen LogP contribution is -2.24. The first-order valence-electron chi connectivity index (χ1n) is 12.8. The van der Waals surface area contributed by atoms with E-state index in [2.05, 4.69) is 46.0 Å². The third-order valence-electron chi connectivity index (χ3n) is 5.73. The maximum absolute atomic E-state index is 13.6. The lowest BCUT2D eigenvalue weighted by atomic mass is 10.1. The summed E-state index contributed by atoms with van der Waals surface area (Å²) in [6.45, 7) is 13.3. The predicted octanol–water partition coefficient (Wildman–Crippen LogP) is 7.01. The van der Waals surface area contributed by atoms with Gasteiger partial charge in [0.2, 0.25) is 11.7 Å². The van der Waals surface area contributed by atoms with Crippen molar-refractivity contribution in [3.05, 3.63) is 51.9 Å². The van der Waals surface area contributed by atoms with Gasteiger partial charge in [-0.25, -0.2) is 0 Å². The van der Waals surface area contributed by atoms with Gasteiger partial charge < -0.3 is 19.4 Å². The molecule has 1 aromatic heterocycles. The Morgan fingerprint density at radius 3 is 2.40 bits per heavy atom. The molecule has 0 radical (unpaired) electrons. The number of ether oxygens (including phenoxy) is 2. The number of allylic oxidation sites excluding steroid dienone is 3. The number of nitrogens with zero attached hydrogens (tertiary/aromatic N) is 1. The van der Waals surface area contributed by atoms with E-state index in [0.29, 0.717) is 31.2 Å². The maximum Gasteiger partial charge on any atom is 0.297 e. The number of hydrogen-bond donors (Lipinski definition) is 1. The molecule has 1 aromatic carbocycles. The van der Waals surface area contributed by atoms with E-state index in [1.54, 1.807) is 4.57 Å². The molecule has 0 aliphatic heterocycles. The van der Waals surface area contributed by atoms with Crippen molar-refractivity contribution in [2.24, 2.45) is 0 Å². The molecule has 0 bridgehead atoms. The lowest BCUT2D eigenvalue weighted by molar-refractivity contribution is -0.114. The summed E-state index contributed by atoms with van der Waals surface area (Å²) >= 11 is 0. The van der Waals surface area contributed by atoms with Crippen molar-refractivity contribution in [2.75, 3.05) is 18.5 Å². The van der Waals surface area contributed by atoms with Crippen LogP contribution in [-0.2, 0) is 11.3 Å². The van der Waals surface area contributed by atoms with Gasteiger partial charge in [-0.1, -0.05) is 43.9 Å². The number of nitrogens with one attached hydrogen (secondary N) is 1. The summed E-state index contributed by atoms with van der Waals surface area (Å²) in [5.41, 5.74) is 3.73. The quantitative estimate of drug-likeness (QED) is 0.232. The minimum Gasteiger partial charge on any atom is -0.489 e. The number of unbranched alkanes of at least 4 members (excludes halogenated alkanes) is 2. The van der Waals surface area contributed by atoms with E-state index in [0.717, 1.165) is 49.4 Å². The van der Waals surface area contributed by atoms with Crippen molar-refractivity contribution in [1.29, 1.82) is 0 Å². The number of anilines is 1. The van der Waals surface area contributed by atoms with E-state index >= 15 is 0 Å². The van der Waals surface area contributed by atoms with Crippen LogP contribution >= 0.6 is 0 Å². The van der Waals surface area contributed by atoms with Crippen LogP contribution < -0.4 is 20.3 Å². The van der Waals surface area contributed by atoms with E-state index in [-0.39, 0.29) is 17.2 Å². The van der Waals surface area contributed by atoms with Crippen LogP contribution in [0.4, 0.5) is 5.69 Å². The van der Waals surface area contributed by atoms with Crippen LogP contribution in [0.25, 0.3) is 10.9 Å². The Morgan fingerprint density at radius 1 is 1.00 bits per heavy atom. The second-order valence-electron chi connectivity index (χ2n) is 9.27. The van der Waals surface area contributed by atoms with Gasteiger partial charge in [0.15, 0.2) is 5.75 Å². The van der Waals surface area contributed by atoms with Crippen molar-refractivity contribution < 1.29 is 14.3 Å². The Bertz CT molecular complexity index is 1110. The number of hydrogen-bond acceptors (Lipinski definition) is 4. The molecule has 1 heterocycles. The number of fused-ring (bicyclic) bond motifs is 1. The van der Waals surface area contributed by atoms with Gasteiger partial charge in [0.05, 0.1) is 12.1 Å². The molecule has 0 spiro atoms. The SMILES string of the molecule is CCCCOc1c(OCC=C(C)CCC=C(C)C)c(=O)n(CCCC)c2cc(NC(C)=O)ccc12. The molecule has 1 amide bonds. The van der Waals surface area contributed by atoms with Gasteiger partial charge in [0.25, 0.3) is 5.56 Å². The normalized spacial score (nSPS) is 11.4. The second-order valence-corrected chi connectivity index (χ2v) is 9.27. The Hall–Kier alpha value is -3.02. The maximum atomic E-state index is 13.6. The molecular formula is C29H42N2O4. The Morgan fingerprint density at radius 2 is 1.74 bits per heavy atom. The zero-order valence-electron chi connectivity index (χ0n) is 22.3. The van der Waals surface area contributed by atoms with Crippen LogP contribution in [0.15, 0.2) is 46.3 Å². The van der Waals surface area contributed by atoms with E-state index in [9.17, 15) is 9.59 Å². The average Bonchev–Trinajstić information content (AvgIpc) is 2.79. The molecule has 6 heteroatoms. The number of aromatic nitrogens is 1. The molecule has 0 fully saturated rings. The highest BCUT2D eigenvalue weighted by Gasteiger charge is 2.20. The van der Waals surface area contributed by atoms with Crippen molar-refractivity contribution in [3.8, 4) is 11.5 Å². The van der Waals surface area contributed by atoms with E-state index in [1.807, 2.05) is 24.3 Å². The number of aryl methyl sites for hydroxylation is 1. The molecule has 0 atom stereocenters. The average molecular weight is 483 g/mol. The van der Waals surface area contributed by atoms with E-state index in [4.69, 9.17) is 9.47 Å². The van der Waals surface area contributed by atoms with Gasteiger partial charge in [-0.05, 0) is 70.7 Å². The fourth-order valence-corrected chi connectivity index (χ4v) is 3.76. The van der Waals surface area contributed by atoms with Crippen molar-refractivity contribution in [3.63, 3.8) is 0 Å². The van der Waals surface area contributed by atoms with Crippen LogP contribution in [0.3, 0.4) is 0 Å². The number of benzene rings is 1. The summed E-state index contributed by atoms with van der Waals surface area (Å²) in [6, 6.07) is 5.58. The lowest BCUT2D eigenvalue weighted by Gasteiger charge is -2.19. The Balaban J connectivity index is 2.51.